The molecule has 2 fully saturated rings. The number of carbonyl (C=O) groups is 3. The molecule has 7 heteroatoms. The average Bonchev–Trinajstić information content (AvgIpc) is 3.21. The van der Waals surface area contributed by atoms with E-state index in [1.54, 1.807) is 17.0 Å². The van der Waals surface area contributed by atoms with E-state index in [0.29, 0.717) is 19.1 Å². The maximum atomic E-state index is 12.2. The molecule has 7 nitrogen and oxygen atoms in total. The van der Waals surface area contributed by atoms with Crippen LogP contribution in [0.25, 0.3) is 0 Å². The first-order valence-electron chi connectivity index (χ1n) is 8.03. The second-order valence-electron chi connectivity index (χ2n) is 6.12. The molecule has 1 saturated heterocycles. The third kappa shape index (κ3) is 4.12. The molecule has 1 aromatic heterocycles. The van der Waals surface area contributed by atoms with Gasteiger partial charge in [0.15, 0.2) is 5.76 Å². The Hall–Kier alpha value is -2.31. The zero-order valence-corrected chi connectivity index (χ0v) is 12.9. The van der Waals surface area contributed by atoms with Gasteiger partial charge >= 0.3 is 0 Å². The van der Waals surface area contributed by atoms with E-state index in [0.717, 1.165) is 25.7 Å². The molecule has 0 bridgehead atoms. The molecule has 0 unspecified atom stereocenters. The number of amides is 3. The van der Waals surface area contributed by atoms with Gasteiger partial charge in [-0.1, -0.05) is 0 Å². The van der Waals surface area contributed by atoms with Crippen molar-refractivity contribution in [3.05, 3.63) is 24.2 Å². The SMILES string of the molecule is O=C(NCC(=O)N1CCC[C@H](C(=O)NC2CC2)C1)c1ccco1. The fourth-order valence-electron chi connectivity index (χ4n) is 2.73. The summed E-state index contributed by atoms with van der Waals surface area (Å²) in [6.07, 6.45) is 5.13. The molecule has 1 saturated carbocycles. The van der Waals surface area contributed by atoms with Gasteiger partial charge in [-0.25, -0.2) is 0 Å². The zero-order valence-electron chi connectivity index (χ0n) is 12.9. The van der Waals surface area contributed by atoms with Crippen LogP contribution in [0.2, 0.25) is 0 Å². The molecule has 0 spiro atoms. The number of nitrogens with one attached hydrogen (secondary N) is 2. The monoisotopic (exact) mass is 319 g/mol. The van der Waals surface area contributed by atoms with Crippen LogP contribution < -0.4 is 10.6 Å². The predicted octanol–water partition coefficient (Wildman–Crippen LogP) is 0.527. The number of hydrogen-bond donors (Lipinski definition) is 2. The lowest BCUT2D eigenvalue weighted by Gasteiger charge is -2.32. The van der Waals surface area contributed by atoms with E-state index in [1.165, 1.54) is 6.26 Å². The number of furan rings is 1. The summed E-state index contributed by atoms with van der Waals surface area (Å²) in [6, 6.07) is 3.49. The number of piperidine rings is 1. The van der Waals surface area contributed by atoms with Crippen molar-refractivity contribution in [3.8, 4) is 0 Å². The van der Waals surface area contributed by atoms with E-state index in [2.05, 4.69) is 10.6 Å². The van der Waals surface area contributed by atoms with Crippen LogP contribution in [0.5, 0.6) is 0 Å². The zero-order chi connectivity index (χ0) is 16.2. The second-order valence-corrected chi connectivity index (χ2v) is 6.12. The van der Waals surface area contributed by atoms with Crippen molar-refractivity contribution in [2.24, 2.45) is 5.92 Å². The molecule has 3 rings (SSSR count). The Morgan fingerprint density at radius 2 is 2.09 bits per heavy atom. The lowest BCUT2D eigenvalue weighted by molar-refractivity contribution is -0.134. The maximum absolute atomic E-state index is 12.2. The van der Waals surface area contributed by atoms with Crippen molar-refractivity contribution in [1.29, 1.82) is 0 Å². The third-order valence-corrected chi connectivity index (χ3v) is 4.21. The van der Waals surface area contributed by atoms with Crippen molar-refractivity contribution >= 4 is 17.7 Å². The lowest BCUT2D eigenvalue weighted by Crippen LogP contribution is -2.48. The molecule has 1 aliphatic heterocycles. The first kappa shape index (κ1) is 15.6. The van der Waals surface area contributed by atoms with Crippen LogP contribution in [0, 0.1) is 5.92 Å². The Labute approximate surface area is 134 Å². The summed E-state index contributed by atoms with van der Waals surface area (Å²) in [5.74, 6) is -0.506. The van der Waals surface area contributed by atoms with Gasteiger partial charge in [0.25, 0.3) is 5.91 Å². The number of carbonyl (C=O) groups excluding carboxylic acids is 3. The van der Waals surface area contributed by atoms with Crippen molar-refractivity contribution in [2.45, 2.75) is 31.7 Å². The minimum Gasteiger partial charge on any atom is -0.459 e. The van der Waals surface area contributed by atoms with Gasteiger partial charge in [0, 0.05) is 19.1 Å². The number of likely N-dealkylation sites (tertiary alicyclic amines) is 1. The molecule has 0 radical (unpaired) electrons. The topological polar surface area (TPSA) is 91.7 Å². The molecule has 124 valence electrons. The molecule has 2 aliphatic rings. The minimum atomic E-state index is -0.414. The largest absolute Gasteiger partial charge is 0.459 e. The van der Waals surface area contributed by atoms with Crippen molar-refractivity contribution in [3.63, 3.8) is 0 Å². The summed E-state index contributed by atoms with van der Waals surface area (Å²) in [7, 11) is 0. The second kappa shape index (κ2) is 6.85. The Balaban J connectivity index is 1.46. The Bertz CT molecular complexity index is 580. The van der Waals surface area contributed by atoms with Gasteiger partial charge in [0.2, 0.25) is 11.8 Å². The molecular weight excluding hydrogens is 298 g/mol. The summed E-state index contributed by atoms with van der Waals surface area (Å²) in [5, 5.41) is 5.54. The summed E-state index contributed by atoms with van der Waals surface area (Å²) in [4.78, 5) is 37.7. The van der Waals surface area contributed by atoms with E-state index in [-0.39, 0.29) is 30.0 Å². The summed E-state index contributed by atoms with van der Waals surface area (Å²) < 4.78 is 4.97. The fraction of sp³-hybridized carbons (Fsp3) is 0.562. The summed E-state index contributed by atoms with van der Waals surface area (Å²) in [5.41, 5.74) is 0. The Morgan fingerprint density at radius 3 is 2.78 bits per heavy atom. The molecule has 0 aromatic carbocycles. The molecular formula is C16H21N3O4. The number of hydrogen-bond acceptors (Lipinski definition) is 4. The molecule has 3 amide bonds. The van der Waals surface area contributed by atoms with Crippen LogP contribution in [-0.2, 0) is 9.59 Å². The maximum Gasteiger partial charge on any atom is 0.287 e. The molecule has 1 aromatic rings. The molecule has 1 aliphatic carbocycles. The highest BCUT2D eigenvalue weighted by Gasteiger charge is 2.31. The van der Waals surface area contributed by atoms with Crippen LogP contribution in [0.4, 0.5) is 0 Å². The first-order chi connectivity index (χ1) is 11.1. The predicted molar refractivity (Wildman–Crippen MR) is 81.5 cm³/mol. The first-order valence-corrected chi connectivity index (χ1v) is 8.03. The van der Waals surface area contributed by atoms with Crippen molar-refractivity contribution in [2.75, 3.05) is 19.6 Å². The average molecular weight is 319 g/mol. The van der Waals surface area contributed by atoms with Crippen molar-refractivity contribution < 1.29 is 18.8 Å². The number of rotatable bonds is 5. The standard InChI is InChI=1S/C16H21N3O4/c20-14(9-17-16(22)13-4-2-8-23-13)19-7-1-3-11(10-19)15(21)18-12-5-6-12/h2,4,8,11-12H,1,3,5-7,9-10H2,(H,17,22)(H,18,21)/t11-/m0/s1. The third-order valence-electron chi connectivity index (χ3n) is 4.21. The quantitative estimate of drug-likeness (QED) is 0.828. The molecule has 2 heterocycles. The highest BCUT2D eigenvalue weighted by atomic mass is 16.3. The van der Waals surface area contributed by atoms with Gasteiger partial charge in [-0.2, -0.15) is 0 Å². The van der Waals surface area contributed by atoms with E-state index in [1.807, 2.05) is 0 Å². The molecule has 23 heavy (non-hydrogen) atoms. The van der Waals surface area contributed by atoms with E-state index in [9.17, 15) is 14.4 Å². The number of nitrogens with zero attached hydrogens (tertiary/aromatic N) is 1. The molecule has 2 N–H and O–H groups in total. The van der Waals surface area contributed by atoms with E-state index >= 15 is 0 Å². The lowest BCUT2D eigenvalue weighted by atomic mass is 9.97. The summed E-state index contributed by atoms with van der Waals surface area (Å²) in [6.45, 7) is 0.965. The van der Waals surface area contributed by atoms with Crippen LogP contribution in [0.15, 0.2) is 22.8 Å². The smallest absolute Gasteiger partial charge is 0.287 e. The van der Waals surface area contributed by atoms with Crippen LogP contribution in [0.3, 0.4) is 0 Å². The van der Waals surface area contributed by atoms with Gasteiger partial charge in [0.1, 0.15) is 0 Å². The van der Waals surface area contributed by atoms with Gasteiger partial charge in [0.05, 0.1) is 18.7 Å². The van der Waals surface area contributed by atoms with E-state index in [4.69, 9.17) is 4.42 Å². The van der Waals surface area contributed by atoms with Crippen LogP contribution in [-0.4, -0.2) is 48.3 Å². The normalized spacial score (nSPS) is 20.9. The highest BCUT2D eigenvalue weighted by molar-refractivity contribution is 5.94. The Morgan fingerprint density at radius 1 is 1.26 bits per heavy atom. The summed E-state index contributed by atoms with van der Waals surface area (Å²) >= 11 is 0. The van der Waals surface area contributed by atoms with Crippen molar-refractivity contribution in [1.82, 2.24) is 15.5 Å². The van der Waals surface area contributed by atoms with Gasteiger partial charge in [-0.05, 0) is 37.8 Å². The molecule has 1 atom stereocenters. The van der Waals surface area contributed by atoms with Crippen LogP contribution >= 0.6 is 0 Å². The minimum absolute atomic E-state index is 0.0459. The van der Waals surface area contributed by atoms with Crippen LogP contribution in [0.1, 0.15) is 36.2 Å². The van der Waals surface area contributed by atoms with Gasteiger partial charge in [-0.15, -0.1) is 0 Å². The van der Waals surface area contributed by atoms with E-state index < -0.39 is 5.91 Å². The fourth-order valence-corrected chi connectivity index (χ4v) is 2.73. The Kier molecular flexibility index (Phi) is 4.64. The van der Waals surface area contributed by atoms with Gasteiger partial charge < -0.3 is 20.0 Å². The van der Waals surface area contributed by atoms with Gasteiger partial charge in [-0.3, -0.25) is 14.4 Å². The highest BCUT2D eigenvalue weighted by Crippen LogP contribution is 2.22.